The van der Waals surface area contributed by atoms with Crippen LogP contribution in [0.4, 0.5) is 17.6 Å². The van der Waals surface area contributed by atoms with Gasteiger partial charge in [-0.15, -0.1) is 0 Å². The summed E-state index contributed by atoms with van der Waals surface area (Å²) in [6.07, 6.45) is 1.40. The molecule has 0 saturated carbocycles. The smallest absolute Gasteiger partial charge is 0.254 e. The van der Waals surface area contributed by atoms with Crippen LogP contribution >= 0.6 is 0 Å². The van der Waals surface area contributed by atoms with Gasteiger partial charge >= 0.3 is 0 Å². The van der Waals surface area contributed by atoms with Gasteiger partial charge in [0.15, 0.2) is 17.5 Å². The van der Waals surface area contributed by atoms with E-state index in [1.54, 1.807) is 6.07 Å². The maximum absolute atomic E-state index is 13.5. The Bertz CT molecular complexity index is 783. The molecule has 26 heavy (non-hydrogen) atoms. The largest absolute Gasteiger partial charge is 0.376 e. The standard InChI is InChI=1S/C19H17F4NO2/c20-14-4-1-3-12(7-14)10-24(11-15-5-2-6-26-15)19(25)13-8-16(21)18(23)17(22)9-13/h1,3-4,7-9,15H,2,5-6,10-11H2. The lowest BCUT2D eigenvalue weighted by Gasteiger charge is -2.26. The van der Waals surface area contributed by atoms with E-state index in [9.17, 15) is 22.4 Å². The Labute approximate surface area is 148 Å². The lowest BCUT2D eigenvalue weighted by atomic mass is 10.1. The molecule has 1 unspecified atom stereocenters. The average Bonchev–Trinajstić information content (AvgIpc) is 3.11. The highest BCUT2D eigenvalue weighted by Gasteiger charge is 2.25. The first-order chi connectivity index (χ1) is 12.4. The molecule has 0 aliphatic carbocycles. The van der Waals surface area contributed by atoms with Crippen LogP contribution in [-0.2, 0) is 11.3 Å². The summed E-state index contributed by atoms with van der Waals surface area (Å²) in [6, 6.07) is 7.03. The molecule has 1 fully saturated rings. The lowest BCUT2D eigenvalue weighted by molar-refractivity contribution is 0.0506. The minimum absolute atomic E-state index is 0.0388. The van der Waals surface area contributed by atoms with Gasteiger partial charge in [0.2, 0.25) is 0 Å². The van der Waals surface area contributed by atoms with Crippen molar-refractivity contribution < 1.29 is 27.1 Å². The minimum Gasteiger partial charge on any atom is -0.376 e. The first kappa shape index (κ1) is 18.4. The second-order valence-corrected chi connectivity index (χ2v) is 6.20. The van der Waals surface area contributed by atoms with Gasteiger partial charge in [0.1, 0.15) is 5.82 Å². The van der Waals surface area contributed by atoms with Crippen LogP contribution in [0.1, 0.15) is 28.8 Å². The third kappa shape index (κ3) is 4.22. The molecule has 1 heterocycles. The quantitative estimate of drug-likeness (QED) is 0.589. The number of amides is 1. The zero-order valence-electron chi connectivity index (χ0n) is 13.9. The summed E-state index contributed by atoms with van der Waals surface area (Å²) in [5, 5.41) is 0. The fourth-order valence-corrected chi connectivity index (χ4v) is 2.97. The molecular weight excluding hydrogens is 350 g/mol. The first-order valence-corrected chi connectivity index (χ1v) is 8.24. The molecule has 1 aliphatic rings. The predicted molar refractivity (Wildman–Crippen MR) is 86.4 cm³/mol. The summed E-state index contributed by atoms with van der Waals surface area (Å²) in [5.74, 6) is -5.63. The van der Waals surface area contributed by atoms with Crippen molar-refractivity contribution in [2.24, 2.45) is 0 Å². The number of halogens is 4. The summed E-state index contributed by atoms with van der Waals surface area (Å²) in [5.41, 5.74) is 0.218. The SMILES string of the molecule is O=C(c1cc(F)c(F)c(F)c1)N(Cc1cccc(F)c1)CC1CCCO1. The molecule has 3 nitrogen and oxygen atoms in total. The minimum atomic E-state index is -1.63. The van der Waals surface area contributed by atoms with E-state index in [4.69, 9.17) is 4.74 Å². The van der Waals surface area contributed by atoms with Crippen molar-refractivity contribution in [1.82, 2.24) is 4.90 Å². The molecule has 7 heteroatoms. The molecule has 1 amide bonds. The summed E-state index contributed by atoms with van der Waals surface area (Å²) < 4.78 is 59.1. The molecule has 138 valence electrons. The van der Waals surface area contributed by atoms with Gasteiger partial charge in [-0.25, -0.2) is 17.6 Å². The fourth-order valence-electron chi connectivity index (χ4n) is 2.97. The number of rotatable bonds is 5. The highest BCUT2D eigenvalue weighted by atomic mass is 19.2. The van der Waals surface area contributed by atoms with Crippen LogP contribution in [0.25, 0.3) is 0 Å². The Balaban J connectivity index is 1.87. The predicted octanol–water partition coefficient (Wildman–Crippen LogP) is 4.06. The van der Waals surface area contributed by atoms with E-state index >= 15 is 0 Å². The van der Waals surface area contributed by atoms with Crippen molar-refractivity contribution in [1.29, 1.82) is 0 Å². The Morgan fingerprint density at radius 2 is 1.85 bits per heavy atom. The van der Waals surface area contributed by atoms with E-state index in [0.29, 0.717) is 24.3 Å². The molecule has 2 aromatic carbocycles. The van der Waals surface area contributed by atoms with Crippen LogP contribution in [0.2, 0.25) is 0 Å². The van der Waals surface area contributed by atoms with E-state index in [0.717, 1.165) is 12.8 Å². The van der Waals surface area contributed by atoms with Gasteiger partial charge in [-0.2, -0.15) is 0 Å². The van der Waals surface area contributed by atoms with Gasteiger partial charge in [0.05, 0.1) is 6.10 Å². The van der Waals surface area contributed by atoms with E-state index in [1.807, 2.05) is 0 Å². The summed E-state index contributed by atoms with van der Waals surface area (Å²) in [7, 11) is 0. The van der Waals surface area contributed by atoms with Crippen LogP contribution in [0, 0.1) is 23.3 Å². The van der Waals surface area contributed by atoms with Crippen molar-refractivity contribution >= 4 is 5.91 Å². The van der Waals surface area contributed by atoms with Gasteiger partial charge in [-0.1, -0.05) is 12.1 Å². The molecule has 0 N–H and O–H groups in total. The van der Waals surface area contributed by atoms with E-state index in [1.165, 1.54) is 23.1 Å². The maximum Gasteiger partial charge on any atom is 0.254 e. The molecule has 2 aromatic rings. The zero-order chi connectivity index (χ0) is 18.7. The molecule has 1 aliphatic heterocycles. The van der Waals surface area contributed by atoms with Gasteiger partial charge in [0, 0.05) is 25.3 Å². The van der Waals surface area contributed by atoms with Crippen molar-refractivity contribution in [3.8, 4) is 0 Å². The molecule has 0 spiro atoms. The zero-order valence-corrected chi connectivity index (χ0v) is 13.9. The van der Waals surface area contributed by atoms with Gasteiger partial charge in [-0.3, -0.25) is 4.79 Å². The van der Waals surface area contributed by atoms with E-state index in [-0.39, 0.29) is 24.8 Å². The molecule has 1 saturated heterocycles. The lowest BCUT2D eigenvalue weighted by Crippen LogP contribution is -2.37. The Hall–Kier alpha value is -2.41. The highest BCUT2D eigenvalue weighted by Crippen LogP contribution is 2.20. The second-order valence-electron chi connectivity index (χ2n) is 6.20. The molecule has 1 atom stereocenters. The topological polar surface area (TPSA) is 29.5 Å². The van der Waals surface area contributed by atoms with Crippen LogP contribution in [0.3, 0.4) is 0 Å². The number of benzene rings is 2. The van der Waals surface area contributed by atoms with Gasteiger partial charge in [-0.05, 0) is 42.7 Å². The first-order valence-electron chi connectivity index (χ1n) is 8.24. The van der Waals surface area contributed by atoms with Crippen LogP contribution < -0.4 is 0 Å². The van der Waals surface area contributed by atoms with Crippen molar-refractivity contribution in [3.05, 3.63) is 70.8 Å². The molecule has 3 rings (SSSR count). The summed E-state index contributed by atoms with van der Waals surface area (Å²) in [6.45, 7) is 0.805. The van der Waals surface area contributed by atoms with Crippen molar-refractivity contribution in [2.45, 2.75) is 25.5 Å². The number of hydrogen-bond donors (Lipinski definition) is 0. The Morgan fingerprint density at radius 3 is 2.46 bits per heavy atom. The molecular formula is C19H17F4NO2. The molecule has 0 bridgehead atoms. The highest BCUT2D eigenvalue weighted by molar-refractivity contribution is 5.94. The average molecular weight is 367 g/mol. The number of carbonyl (C=O) groups excluding carboxylic acids is 1. The van der Waals surface area contributed by atoms with Gasteiger partial charge in [0.25, 0.3) is 5.91 Å². The third-order valence-corrected chi connectivity index (χ3v) is 4.23. The third-order valence-electron chi connectivity index (χ3n) is 4.23. The summed E-state index contributed by atoms with van der Waals surface area (Å²) in [4.78, 5) is 14.1. The summed E-state index contributed by atoms with van der Waals surface area (Å²) >= 11 is 0. The molecule has 0 radical (unpaired) electrons. The number of nitrogens with zero attached hydrogens (tertiary/aromatic N) is 1. The van der Waals surface area contributed by atoms with Crippen LogP contribution in [-0.4, -0.2) is 30.1 Å². The van der Waals surface area contributed by atoms with Crippen molar-refractivity contribution in [3.63, 3.8) is 0 Å². The Kier molecular flexibility index (Phi) is 5.56. The second kappa shape index (κ2) is 7.86. The van der Waals surface area contributed by atoms with E-state index in [2.05, 4.69) is 0 Å². The number of ether oxygens (including phenoxy) is 1. The van der Waals surface area contributed by atoms with Gasteiger partial charge < -0.3 is 9.64 Å². The van der Waals surface area contributed by atoms with E-state index < -0.39 is 29.2 Å². The molecule has 0 aromatic heterocycles. The number of hydrogen-bond acceptors (Lipinski definition) is 2. The van der Waals surface area contributed by atoms with Crippen LogP contribution in [0.5, 0.6) is 0 Å². The normalized spacial score (nSPS) is 16.7. The fraction of sp³-hybridized carbons (Fsp3) is 0.316. The number of carbonyl (C=O) groups is 1. The maximum atomic E-state index is 13.5. The van der Waals surface area contributed by atoms with Crippen LogP contribution in [0.15, 0.2) is 36.4 Å². The van der Waals surface area contributed by atoms with Crippen molar-refractivity contribution in [2.75, 3.05) is 13.2 Å². The Morgan fingerprint density at radius 1 is 1.12 bits per heavy atom. The monoisotopic (exact) mass is 367 g/mol.